The van der Waals surface area contributed by atoms with Gasteiger partial charge in [-0.3, -0.25) is 0 Å². The number of rotatable bonds is 4. The second kappa shape index (κ2) is 13.6. The number of nitrogens with zero attached hydrogens (tertiary/aromatic N) is 4. The number of benzene rings is 9. The Hall–Kier alpha value is -8.74. The maximum Gasteiger partial charge on any atom is 0.167 e. The van der Waals surface area contributed by atoms with Gasteiger partial charge < -0.3 is 9.15 Å². The maximum absolute atomic E-state index is 7.17. The van der Waals surface area contributed by atoms with Crippen molar-refractivity contribution < 1.29 is 9.15 Å². The van der Waals surface area contributed by atoms with Crippen LogP contribution in [0.15, 0.2) is 211 Å². The highest BCUT2D eigenvalue weighted by Gasteiger charge is 2.51. The minimum Gasteiger partial charge on any atom is -0.456 e. The van der Waals surface area contributed by atoms with E-state index in [1.54, 1.807) is 0 Å². The van der Waals surface area contributed by atoms with Crippen molar-refractivity contribution in [2.75, 3.05) is 0 Å². The molecule has 14 rings (SSSR count). The number of hydrogen-bond acceptors (Lipinski definition) is 6. The zero-order valence-corrected chi connectivity index (χ0v) is 34.7. The molecule has 1 spiro atoms. The third-order valence-corrected chi connectivity index (χ3v) is 13.4. The van der Waals surface area contributed by atoms with Crippen LogP contribution in [-0.2, 0) is 5.41 Å². The second-order valence-electron chi connectivity index (χ2n) is 16.8. The lowest BCUT2D eigenvalue weighted by Gasteiger charge is -2.40. The van der Waals surface area contributed by atoms with Crippen molar-refractivity contribution >= 4 is 43.6 Å². The molecule has 1 aliphatic heterocycles. The standard InChI is InChI=1S/C59H34N4O2/c1-2-15-36(16-3-1)56-61-57(63-58(62-56)44-22-14-21-41-40-19-7-12-27-50(40)64-54(41)44)37-31-29-35(30-32-37)53-43-33-34-48-55(52(43)42-20-6-11-26-49(42)60-53)65-51-28-13-10-25-47(51)59(48)45-23-8-4-17-38(45)39-18-5-9-24-46(39)59/h1-34H. The van der Waals surface area contributed by atoms with Crippen LogP contribution in [0.25, 0.3) is 100 Å². The van der Waals surface area contributed by atoms with E-state index in [2.05, 4.69) is 146 Å². The largest absolute Gasteiger partial charge is 0.456 e. The van der Waals surface area contributed by atoms with Crippen molar-refractivity contribution in [1.29, 1.82) is 0 Å². The molecule has 12 aromatic rings. The number of furan rings is 1. The molecule has 0 unspecified atom stereocenters. The van der Waals surface area contributed by atoms with E-state index in [0.717, 1.165) is 94.2 Å². The molecule has 0 radical (unpaired) electrons. The van der Waals surface area contributed by atoms with Gasteiger partial charge in [0.05, 0.1) is 22.2 Å². The van der Waals surface area contributed by atoms with Crippen LogP contribution in [0.5, 0.6) is 11.5 Å². The van der Waals surface area contributed by atoms with Crippen molar-refractivity contribution in [3.8, 4) is 68.0 Å². The molecule has 4 heterocycles. The number of fused-ring (bicyclic) bond motifs is 16. The summed E-state index contributed by atoms with van der Waals surface area (Å²) in [7, 11) is 0. The molecule has 0 atom stereocenters. The van der Waals surface area contributed by atoms with Gasteiger partial charge in [-0.05, 0) is 46.5 Å². The van der Waals surface area contributed by atoms with Crippen LogP contribution >= 0.6 is 0 Å². The summed E-state index contributed by atoms with van der Waals surface area (Å²) in [6.45, 7) is 0. The summed E-state index contributed by atoms with van der Waals surface area (Å²) < 4.78 is 13.6. The summed E-state index contributed by atoms with van der Waals surface area (Å²) in [4.78, 5) is 20.6. The third-order valence-electron chi connectivity index (χ3n) is 13.4. The summed E-state index contributed by atoms with van der Waals surface area (Å²) in [5.41, 5.74) is 13.6. The lowest BCUT2D eigenvalue weighted by atomic mass is 9.65. The first-order valence-corrected chi connectivity index (χ1v) is 21.9. The lowest BCUT2D eigenvalue weighted by molar-refractivity contribution is 0.442. The van der Waals surface area contributed by atoms with E-state index in [0.29, 0.717) is 17.5 Å². The van der Waals surface area contributed by atoms with Gasteiger partial charge in [-0.15, -0.1) is 0 Å². The van der Waals surface area contributed by atoms with Gasteiger partial charge in [-0.25, -0.2) is 19.9 Å². The van der Waals surface area contributed by atoms with Crippen LogP contribution < -0.4 is 4.74 Å². The molecule has 0 bridgehead atoms. The molecular weight excluding hydrogens is 797 g/mol. The van der Waals surface area contributed by atoms with Gasteiger partial charge in [0.25, 0.3) is 0 Å². The summed E-state index contributed by atoms with van der Waals surface area (Å²) >= 11 is 0. The smallest absolute Gasteiger partial charge is 0.167 e. The minimum absolute atomic E-state index is 0.543. The molecule has 302 valence electrons. The van der Waals surface area contributed by atoms with E-state index in [1.165, 1.54) is 22.3 Å². The molecule has 0 amide bonds. The Balaban J connectivity index is 0.955. The average molecular weight is 831 g/mol. The number of aromatic nitrogens is 4. The third kappa shape index (κ3) is 5.10. The van der Waals surface area contributed by atoms with Gasteiger partial charge in [0.1, 0.15) is 22.7 Å². The van der Waals surface area contributed by atoms with E-state index in [-0.39, 0.29) is 0 Å². The highest BCUT2D eigenvalue weighted by Crippen LogP contribution is 2.63. The average Bonchev–Trinajstić information content (AvgIpc) is 3.90. The van der Waals surface area contributed by atoms with Gasteiger partial charge in [0.2, 0.25) is 0 Å². The fourth-order valence-corrected chi connectivity index (χ4v) is 10.6. The fraction of sp³-hybridized carbons (Fsp3) is 0.0169. The van der Waals surface area contributed by atoms with Crippen molar-refractivity contribution in [2.45, 2.75) is 5.41 Å². The monoisotopic (exact) mass is 830 g/mol. The number of pyridine rings is 1. The van der Waals surface area contributed by atoms with Gasteiger partial charge >= 0.3 is 0 Å². The molecule has 0 fully saturated rings. The Morgan fingerprint density at radius 3 is 1.72 bits per heavy atom. The van der Waals surface area contributed by atoms with Gasteiger partial charge in [-0.2, -0.15) is 0 Å². The van der Waals surface area contributed by atoms with E-state index >= 15 is 0 Å². The fourth-order valence-electron chi connectivity index (χ4n) is 10.6. The summed E-state index contributed by atoms with van der Waals surface area (Å²) in [5.74, 6) is 3.40. The Bertz CT molecular complexity index is 3890. The van der Waals surface area contributed by atoms with Crippen molar-refractivity contribution in [3.05, 3.63) is 229 Å². The van der Waals surface area contributed by atoms with E-state index < -0.39 is 5.41 Å². The first-order valence-electron chi connectivity index (χ1n) is 21.9. The summed E-state index contributed by atoms with van der Waals surface area (Å²) in [6, 6.07) is 71.9. The number of ether oxygens (including phenoxy) is 1. The first kappa shape index (κ1) is 35.8. The van der Waals surface area contributed by atoms with E-state index in [4.69, 9.17) is 29.1 Å². The highest BCUT2D eigenvalue weighted by molar-refractivity contribution is 6.15. The van der Waals surface area contributed by atoms with Gasteiger partial charge in [0, 0.05) is 54.7 Å². The molecular formula is C59H34N4O2. The predicted molar refractivity (Wildman–Crippen MR) is 259 cm³/mol. The predicted octanol–water partition coefficient (Wildman–Crippen LogP) is 14.6. The van der Waals surface area contributed by atoms with E-state index in [1.807, 2.05) is 60.7 Å². The Kier molecular flexibility index (Phi) is 7.51. The Morgan fingerprint density at radius 1 is 0.354 bits per heavy atom. The Labute approximate surface area is 373 Å². The maximum atomic E-state index is 7.17. The molecule has 65 heavy (non-hydrogen) atoms. The Morgan fingerprint density at radius 2 is 0.938 bits per heavy atom. The van der Waals surface area contributed by atoms with Gasteiger partial charge in [0.15, 0.2) is 17.5 Å². The molecule has 1 aliphatic carbocycles. The zero-order valence-electron chi connectivity index (χ0n) is 34.7. The molecule has 0 N–H and O–H groups in total. The number of para-hydroxylation sites is 4. The van der Waals surface area contributed by atoms with Crippen molar-refractivity contribution in [1.82, 2.24) is 19.9 Å². The van der Waals surface area contributed by atoms with Crippen LogP contribution in [0, 0.1) is 0 Å². The molecule has 2 aliphatic rings. The molecule has 9 aromatic carbocycles. The van der Waals surface area contributed by atoms with Crippen LogP contribution in [0.3, 0.4) is 0 Å². The van der Waals surface area contributed by atoms with Crippen LogP contribution in [0.2, 0.25) is 0 Å². The summed E-state index contributed by atoms with van der Waals surface area (Å²) in [6.07, 6.45) is 0. The highest BCUT2D eigenvalue weighted by atomic mass is 16.5. The lowest BCUT2D eigenvalue weighted by Crippen LogP contribution is -2.32. The quantitative estimate of drug-likeness (QED) is 0.165. The molecule has 6 nitrogen and oxygen atoms in total. The zero-order chi connectivity index (χ0) is 42.6. The molecule has 0 saturated carbocycles. The number of hydrogen-bond donors (Lipinski definition) is 0. The normalized spacial score (nSPS) is 13.2. The topological polar surface area (TPSA) is 73.9 Å². The molecule has 3 aromatic heterocycles. The molecule has 0 saturated heterocycles. The SMILES string of the molecule is c1ccc(-c2nc(-c3ccc(-c4nc5ccccc5c5c6c(ccc45)C4(c5ccccc5O6)c5ccccc5-c5ccccc54)cc3)nc(-c3cccc4c3oc3ccccc34)n2)cc1. The molecule has 6 heteroatoms. The van der Waals surface area contributed by atoms with Gasteiger partial charge in [-0.1, -0.05) is 182 Å². The van der Waals surface area contributed by atoms with Crippen LogP contribution in [0.4, 0.5) is 0 Å². The first-order chi connectivity index (χ1) is 32.2. The van der Waals surface area contributed by atoms with Crippen LogP contribution in [-0.4, -0.2) is 19.9 Å². The second-order valence-corrected chi connectivity index (χ2v) is 16.8. The minimum atomic E-state index is -0.574. The van der Waals surface area contributed by atoms with Crippen molar-refractivity contribution in [2.24, 2.45) is 0 Å². The van der Waals surface area contributed by atoms with Crippen molar-refractivity contribution in [3.63, 3.8) is 0 Å². The van der Waals surface area contributed by atoms with Crippen LogP contribution in [0.1, 0.15) is 22.3 Å². The summed E-state index contributed by atoms with van der Waals surface area (Å²) in [5, 5.41) is 5.16. The van der Waals surface area contributed by atoms with E-state index in [9.17, 15) is 0 Å².